The number of anilines is 2. The van der Waals surface area contributed by atoms with Crippen LogP contribution in [0.5, 0.6) is 0 Å². The monoisotopic (exact) mass is 355 g/mol. The maximum Gasteiger partial charge on any atom is 0.0726 e. The molecule has 0 amide bonds. The predicted octanol–water partition coefficient (Wildman–Crippen LogP) is 3.76. The van der Waals surface area contributed by atoms with Gasteiger partial charge < -0.3 is 20.7 Å². The van der Waals surface area contributed by atoms with Crippen molar-refractivity contribution in [1.29, 1.82) is 0 Å². The molecule has 6 unspecified atom stereocenters. The average Bonchev–Trinajstić information content (AvgIpc) is 2.77. The van der Waals surface area contributed by atoms with Crippen LogP contribution in [0.25, 0.3) is 0 Å². The van der Waals surface area contributed by atoms with E-state index in [9.17, 15) is 0 Å². The lowest BCUT2D eigenvalue weighted by atomic mass is 9.65. The largest absolute Gasteiger partial charge is 0.379 e. The normalized spacial score (nSPS) is 44.3. The molecule has 5 rings (SSSR count). The van der Waals surface area contributed by atoms with Crippen LogP contribution in [0.1, 0.15) is 52.4 Å². The van der Waals surface area contributed by atoms with E-state index in [-0.39, 0.29) is 5.54 Å². The van der Waals surface area contributed by atoms with Gasteiger partial charge in [-0.1, -0.05) is 0 Å². The van der Waals surface area contributed by atoms with E-state index in [2.05, 4.69) is 48.3 Å². The quantitative estimate of drug-likeness (QED) is 0.867. The van der Waals surface area contributed by atoms with Crippen molar-refractivity contribution >= 4 is 11.4 Å². The Morgan fingerprint density at radius 1 is 1.04 bits per heavy atom. The molecule has 0 spiro atoms. The van der Waals surface area contributed by atoms with Gasteiger partial charge >= 0.3 is 0 Å². The summed E-state index contributed by atoms with van der Waals surface area (Å²) in [5, 5.41) is 3.98. The lowest BCUT2D eigenvalue weighted by Crippen LogP contribution is -2.54. The van der Waals surface area contributed by atoms with Crippen molar-refractivity contribution in [2.24, 2.45) is 17.6 Å². The van der Waals surface area contributed by atoms with Crippen molar-refractivity contribution in [3.8, 4) is 0 Å². The fourth-order valence-electron chi connectivity index (χ4n) is 6.61. The zero-order valence-electron chi connectivity index (χ0n) is 16.2. The summed E-state index contributed by atoms with van der Waals surface area (Å²) < 4.78 is 5.87. The molecule has 1 aromatic carbocycles. The minimum Gasteiger partial charge on any atom is -0.379 e. The van der Waals surface area contributed by atoms with Crippen LogP contribution in [0.3, 0.4) is 0 Å². The van der Waals surface area contributed by atoms with Crippen LogP contribution in [0.2, 0.25) is 0 Å². The highest BCUT2D eigenvalue weighted by Gasteiger charge is 2.58. The van der Waals surface area contributed by atoms with Crippen molar-refractivity contribution in [3.05, 3.63) is 24.3 Å². The summed E-state index contributed by atoms with van der Waals surface area (Å²) in [6, 6.07) is 9.12. The van der Waals surface area contributed by atoms with E-state index in [0.717, 1.165) is 24.9 Å². The lowest BCUT2D eigenvalue weighted by molar-refractivity contribution is -0.00521. The summed E-state index contributed by atoms with van der Waals surface area (Å²) in [5.41, 5.74) is 9.68. The van der Waals surface area contributed by atoms with E-state index in [1.807, 2.05) is 0 Å². The van der Waals surface area contributed by atoms with Crippen LogP contribution >= 0.6 is 0 Å². The maximum atomic E-state index is 6.65. The van der Waals surface area contributed by atoms with Gasteiger partial charge in [0.05, 0.1) is 12.2 Å². The van der Waals surface area contributed by atoms with E-state index < -0.39 is 0 Å². The van der Waals surface area contributed by atoms with Crippen molar-refractivity contribution in [3.63, 3.8) is 0 Å². The van der Waals surface area contributed by atoms with Gasteiger partial charge in [0.25, 0.3) is 0 Å². The number of hydrogen-bond acceptors (Lipinski definition) is 4. The highest BCUT2D eigenvalue weighted by Crippen LogP contribution is 2.59. The predicted molar refractivity (Wildman–Crippen MR) is 107 cm³/mol. The first-order valence-electron chi connectivity index (χ1n) is 10.5. The first-order chi connectivity index (χ1) is 12.4. The fraction of sp³-hybridized carbons (Fsp3) is 0.727. The Labute approximate surface area is 157 Å². The molecule has 3 aliphatic carbocycles. The third kappa shape index (κ3) is 2.82. The number of morpholine rings is 1. The van der Waals surface area contributed by atoms with Gasteiger partial charge in [-0.05, 0) is 88.5 Å². The van der Waals surface area contributed by atoms with Crippen molar-refractivity contribution in [2.45, 2.75) is 75.7 Å². The molecule has 3 N–H and O–H groups in total. The molecule has 3 bridgehead atoms. The Kier molecular flexibility index (Phi) is 3.81. The number of nitrogens with one attached hydrogen (secondary N) is 1. The molecule has 4 aliphatic rings. The van der Waals surface area contributed by atoms with Crippen molar-refractivity contribution < 1.29 is 4.74 Å². The van der Waals surface area contributed by atoms with Crippen LogP contribution in [-0.2, 0) is 4.74 Å². The van der Waals surface area contributed by atoms with Gasteiger partial charge in [-0.2, -0.15) is 0 Å². The minimum absolute atomic E-state index is 0.142. The second-order valence-electron chi connectivity index (χ2n) is 9.76. The van der Waals surface area contributed by atoms with E-state index in [1.54, 1.807) is 0 Å². The summed E-state index contributed by atoms with van der Waals surface area (Å²) in [5.74, 6) is 1.60. The number of ether oxygens (including phenoxy) is 1. The number of fused-ring (bicyclic) bond motifs is 2. The SMILES string of the molecule is CC1CN(c2ccc(NC34CCC5(N)CC(CC3C5)C4)cc2)CC(C)O1. The standard InChI is InChI=1S/C22H33N3O/c1-15-13-25(14-16(2)26-15)20-5-3-19(4-6-20)24-22-8-7-21(23)10-17(11-22)9-18(22)12-21/h3-6,15-18,24H,7-14,23H2,1-2H3. The number of nitrogens with two attached hydrogens (primary N) is 1. The van der Waals surface area contributed by atoms with Crippen LogP contribution < -0.4 is 16.0 Å². The number of rotatable bonds is 3. The molecule has 1 saturated heterocycles. The second kappa shape index (κ2) is 5.87. The Morgan fingerprint density at radius 3 is 2.50 bits per heavy atom. The highest BCUT2D eigenvalue weighted by atomic mass is 16.5. The highest BCUT2D eigenvalue weighted by molar-refractivity contribution is 5.57. The van der Waals surface area contributed by atoms with Crippen molar-refractivity contribution in [1.82, 2.24) is 0 Å². The van der Waals surface area contributed by atoms with Gasteiger partial charge in [-0.25, -0.2) is 0 Å². The Hall–Kier alpha value is -1.26. The van der Waals surface area contributed by atoms with Crippen LogP contribution in [0.4, 0.5) is 11.4 Å². The van der Waals surface area contributed by atoms with Gasteiger partial charge in [0.2, 0.25) is 0 Å². The molecule has 0 aromatic heterocycles. The number of nitrogens with zero attached hydrogens (tertiary/aromatic N) is 1. The molecule has 1 aromatic rings. The summed E-state index contributed by atoms with van der Waals surface area (Å²) in [6.45, 7) is 6.28. The minimum atomic E-state index is 0.142. The van der Waals surface area contributed by atoms with Crippen molar-refractivity contribution in [2.75, 3.05) is 23.3 Å². The molecular formula is C22H33N3O. The number of benzene rings is 1. The third-order valence-corrected chi connectivity index (χ3v) is 7.51. The molecule has 4 heteroatoms. The summed E-state index contributed by atoms with van der Waals surface area (Å²) in [7, 11) is 0. The Morgan fingerprint density at radius 2 is 1.77 bits per heavy atom. The smallest absolute Gasteiger partial charge is 0.0726 e. The van der Waals surface area contributed by atoms with Gasteiger partial charge in [0.15, 0.2) is 0 Å². The number of hydrogen-bond donors (Lipinski definition) is 2. The molecule has 4 nitrogen and oxygen atoms in total. The molecule has 4 fully saturated rings. The molecule has 3 saturated carbocycles. The van der Waals surface area contributed by atoms with Gasteiger partial charge in [0.1, 0.15) is 0 Å². The zero-order chi connectivity index (χ0) is 17.9. The molecule has 1 aliphatic heterocycles. The summed E-state index contributed by atoms with van der Waals surface area (Å²) >= 11 is 0. The first-order valence-corrected chi connectivity index (χ1v) is 10.5. The van der Waals surface area contributed by atoms with Crippen LogP contribution in [-0.4, -0.2) is 36.4 Å². The summed E-state index contributed by atoms with van der Waals surface area (Å²) in [4.78, 5) is 2.45. The topological polar surface area (TPSA) is 50.5 Å². The van der Waals surface area contributed by atoms with E-state index in [0.29, 0.717) is 17.7 Å². The lowest BCUT2D eigenvalue weighted by Gasteiger charge is -2.48. The van der Waals surface area contributed by atoms with Crippen LogP contribution in [0.15, 0.2) is 24.3 Å². The molecular weight excluding hydrogens is 322 g/mol. The maximum absolute atomic E-state index is 6.65. The first kappa shape index (κ1) is 16.9. The van der Waals surface area contributed by atoms with Gasteiger partial charge in [-0.15, -0.1) is 0 Å². The van der Waals surface area contributed by atoms with E-state index >= 15 is 0 Å². The zero-order valence-corrected chi connectivity index (χ0v) is 16.2. The molecule has 142 valence electrons. The van der Waals surface area contributed by atoms with E-state index in [1.165, 1.54) is 49.9 Å². The Bertz CT molecular complexity index is 666. The third-order valence-electron chi connectivity index (χ3n) is 7.51. The van der Waals surface area contributed by atoms with Gasteiger partial charge in [0, 0.05) is 35.5 Å². The Balaban J connectivity index is 1.31. The molecule has 1 heterocycles. The summed E-state index contributed by atoms with van der Waals surface area (Å²) in [6.07, 6.45) is 8.19. The molecule has 6 atom stereocenters. The fourth-order valence-corrected chi connectivity index (χ4v) is 6.61. The second-order valence-corrected chi connectivity index (χ2v) is 9.76. The van der Waals surface area contributed by atoms with Gasteiger partial charge in [-0.3, -0.25) is 0 Å². The molecule has 0 radical (unpaired) electrons. The average molecular weight is 356 g/mol. The van der Waals surface area contributed by atoms with E-state index in [4.69, 9.17) is 10.5 Å². The molecule has 26 heavy (non-hydrogen) atoms. The van der Waals surface area contributed by atoms with Crippen LogP contribution in [0, 0.1) is 11.8 Å².